The number of carbonyl (C=O) groups is 1. The number of nitrogen functional groups attached to an aromatic ring is 1. The van der Waals surface area contributed by atoms with Crippen molar-refractivity contribution in [3.63, 3.8) is 0 Å². The molecule has 4 rings (SSSR count). The predicted octanol–water partition coefficient (Wildman–Crippen LogP) is 2.57. The van der Waals surface area contributed by atoms with Gasteiger partial charge < -0.3 is 10.6 Å². The number of para-hydroxylation sites is 3. The molecule has 2 aromatic rings. The quantitative estimate of drug-likeness (QED) is 0.628. The number of hydrogen-bond acceptors (Lipinski definition) is 5. The molecule has 2 N–H and O–H groups in total. The summed E-state index contributed by atoms with van der Waals surface area (Å²) in [5.74, 6) is 0.206. The molecular formula is C23H29N5O. The van der Waals surface area contributed by atoms with Gasteiger partial charge in [0.2, 0.25) is 5.91 Å². The number of amides is 1. The van der Waals surface area contributed by atoms with Crippen molar-refractivity contribution >= 4 is 29.2 Å². The van der Waals surface area contributed by atoms with E-state index in [0.29, 0.717) is 12.2 Å². The Morgan fingerprint density at radius 3 is 2.55 bits per heavy atom. The highest BCUT2D eigenvalue weighted by molar-refractivity contribution is 5.97. The monoisotopic (exact) mass is 391 g/mol. The summed E-state index contributed by atoms with van der Waals surface area (Å²) in [4.78, 5) is 24.1. The maximum Gasteiger partial charge on any atom is 0.241 e. The van der Waals surface area contributed by atoms with Gasteiger partial charge in [0.25, 0.3) is 0 Å². The Labute approximate surface area is 172 Å². The first-order chi connectivity index (χ1) is 14.1. The number of benzene rings is 2. The van der Waals surface area contributed by atoms with Gasteiger partial charge in [0.1, 0.15) is 0 Å². The Morgan fingerprint density at radius 2 is 1.76 bits per heavy atom. The molecular weight excluding hydrogens is 362 g/mol. The van der Waals surface area contributed by atoms with E-state index < -0.39 is 0 Å². The van der Waals surface area contributed by atoms with Crippen LogP contribution in [0.3, 0.4) is 0 Å². The van der Waals surface area contributed by atoms with E-state index in [1.54, 1.807) is 0 Å². The lowest BCUT2D eigenvalue weighted by Gasteiger charge is -2.35. The number of carbonyl (C=O) groups excluding carboxylic acids is 1. The van der Waals surface area contributed by atoms with Gasteiger partial charge >= 0.3 is 0 Å². The lowest BCUT2D eigenvalue weighted by atomic mass is 10.1. The van der Waals surface area contributed by atoms with Gasteiger partial charge in [-0.15, -0.1) is 0 Å². The van der Waals surface area contributed by atoms with Crippen molar-refractivity contribution in [2.45, 2.75) is 19.4 Å². The van der Waals surface area contributed by atoms with Crippen molar-refractivity contribution in [1.82, 2.24) is 9.80 Å². The average molecular weight is 392 g/mol. The van der Waals surface area contributed by atoms with Gasteiger partial charge in [-0.1, -0.05) is 30.3 Å². The van der Waals surface area contributed by atoms with Crippen LogP contribution in [0.15, 0.2) is 53.5 Å². The van der Waals surface area contributed by atoms with Gasteiger partial charge in [0, 0.05) is 50.7 Å². The largest absolute Gasteiger partial charge is 0.397 e. The van der Waals surface area contributed by atoms with Gasteiger partial charge in [-0.25, -0.2) is 0 Å². The Hall–Kier alpha value is -2.70. The molecule has 0 radical (unpaired) electrons. The zero-order valence-corrected chi connectivity index (χ0v) is 17.0. The summed E-state index contributed by atoms with van der Waals surface area (Å²) < 4.78 is 0. The third-order valence-electron chi connectivity index (χ3n) is 5.81. The number of hydrogen-bond donors (Lipinski definition) is 1. The summed E-state index contributed by atoms with van der Waals surface area (Å²) in [6.07, 6.45) is 2.87. The van der Waals surface area contributed by atoms with Crippen LogP contribution in [0.1, 0.15) is 12.5 Å². The number of nitrogens with two attached hydrogens (primary N) is 1. The Bertz CT molecular complexity index is 888. The average Bonchev–Trinajstić information content (AvgIpc) is 3.06. The van der Waals surface area contributed by atoms with Gasteiger partial charge in [-0.3, -0.25) is 19.6 Å². The summed E-state index contributed by atoms with van der Waals surface area (Å²) >= 11 is 0. The van der Waals surface area contributed by atoms with Crippen molar-refractivity contribution in [2.75, 3.05) is 49.9 Å². The van der Waals surface area contributed by atoms with E-state index in [0.717, 1.165) is 50.5 Å². The second kappa shape index (κ2) is 8.76. The smallest absolute Gasteiger partial charge is 0.241 e. The third kappa shape index (κ3) is 4.49. The molecule has 0 spiro atoms. The van der Waals surface area contributed by atoms with Crippen molar-refractivity contribution in [1.29, 1.82) is 0 Å². The molecule has 1 fully saturated rings. The summed E-state index contributed by atoms with van der Waals surface area (Å²) in [5.41, 5.74) is 9.80. The minimum atomic E-state index is 0.206. The van der Waals surface area contributed by atoms with Gasteiger partial charge in [-0.2, -0.15) is 0 Å². The topological polar surface area (TPSA) is 65.2 Å². The minimum absolute atomic E-state index is 0.206. The fourth-order valence-electron chi connectivity index (χ4n) is 4.20. The molecule has 152 valence electrons. The molecule has 1 unspecified atom stereocenters. The third-order valence-corrected chi connectivity index (χ3v) is 5.81. The first-order valence-electron chi connectivity index (χ1n) is 10.3. The van der Waals surface area contributed by atoms with Crippen LogP contribution < -0.4 is 10.6 Å². The molecule has 29 heavy (non-hydrogen) atoms. The fourth-order valence-corrected chi connectivity index (χ4v) is 4.20. The molecule has 0 aliphatic carbocycles. The van der Waals surface area contributed by atoms with Crippen molar-refractivity contribution in [2.24, 2.45) is 4.99 Å². The second-order valence-corrected chi connectivity index (χ2v) is 7.89. The second-order valence-electron chi connectivity index (χ2n) is 7.89. The van der Waals surface area contributed by atoms with E-state index >= 15 is 0 Å². The zero-order chi connectivity index (χ0) is 20.2. The molecule has 2 aliphatic heterocycles. The predicted molar refractivity (Wildman–Crippen MR) is 119 cm³/mol. The number of fused-ring (bicyclic) bond motifs is 1. The van der Waals surface area contributed by atoms with Crippen molar-refractivity contribution in [3.05, 3.63) is 54.1 Å². The maximum atomic E-state index is 13.0. The summed E-state index contributed by atoms with van der Waals surface area (Å²) in [7, 11) is 0. The molecule has 1 atom stereocenters. The minimum Gasteiger partial charge on any atom is -0.397 e. The number of rotatable bonds is 5. The van der Waals surface area contributed by atoms with Crippen molar-refractivity contribution in [3.8, 4) is 0 Å². The van der Waals surface area contributed by atoms with Crippen LogP contribution in [0.25, 0.3) is 0 Å². The Kier molecular flexibility index (Phi) is 5.92. The van der Waals surface area contributed by atoms with E-state index in [1.165, 1.54) is 5.56 Å². The first-order valence-corrected chi connectivity index (χ1v) is 10.3. The number of aliphatic imine (C=N–C) groups is 1. The maximum absolute atomic E-state index is 13.0. The Morgan fingerprint density at radius 1 is 1.07 bits per heavy atom. The molecule has 1 amide bonds. The summed E-state index contributed by atoms with van der Waals surface area (Å²) in [5, 5.41) is 0. The highest BCUT2D eigenvalue weighted by atomic mass is 16.2. The lowest BCUT2D eigenvalue weighted by molar-refractivity contribution is -0.120. The van der Waals surface area contributed by atoms with Crippen LogP contribution in [0.4, 0.5) is 17.1 Å². The number of piperazine rings is 1. The van der Waals surface area contributed by atoms with Gasteiger partial charge in [-0.05, 0) is 37.1 Å². The standard InChI is InChI=1S/C23H29N5O/c1-18-16-19-6-2-5-9-22(19)28(18)23(29)17-27-14-12-26(13-15-27)11-10-25-21-8-4-3-7-20(21)24/h2-10,18H,11-17,24H2,1H3. The number of nitrogens with zero attached hydrogens (tertiary/aromatic N) is 4. The van der Waals surface area contributed by atoms with Gasteiger partial charge in [0.05, 0.1) is 17.9 Å². The molecule has 2 aromatic carbocycles. The SMILES string of the molecule is CC1Cc2ccccc2N1C(=O)CN1CCN(CC=Nc2ccccc2N)CC1. The van der Waals surface area contributed by atoms with Crippen LogP contribution in [-0.4, -0.2) is 67.2 Å². The first kappa shape index (κ1) is 19.6. The van der Waals surface area contributed by atoms with Crippen LogP contribution in [0.2, 0.25) is 0 Å². The molecule has 1 saturated heterocycles. The van der Waals surface area contributed by atoms with Crippen molar-refractivity contribution < 1.29 is 4.79 Å². The van der Waals surface area contributed by atoms with E-state index in [2.05, 4.69) is 33.8 Å². The fraction of sp³-hybridized carbons (Fsp3) is 0.391. The van der Waals surface area contributed by atoms with E-state index in [1.807, 2.05) is 47.5 Å². The lowest BCUT2D eigenvalue weighted by Crippen LogP contribution is -2.51. The molecule has 6 heteroatoms. The molecule has 2 aliphatic rings. The molecule has 0 bridgehead atoms. The molecule has 0 saturated carbocycles. The molecule has 2 heterocycles. The number of anilines is 2. The highest BCUT2D eigenvalue weighted by Crippen LogP contribution is 2.31. The zero-order valence-electron chi connectivity index (χ0n) is 17.0. The van der Waals surface area contributed by atoms with E-state index in [-0.39, 0.29) is 11.9 Å². The summed E-state index contributed by atoms with van der Waals surface area (Å²) in [6.45, 7) is 7.10. The van der Waals surface area contributed by atoms with Gasteiger partial charge in [0.15, 0.2) is 0 Å². The van der Waals surface area contributed by atoms with Crippen LogP contribution >= 0.6 is 0 Å². The summed E-state index contributed by atoms with van der Waals surface area (Å²) in [6, 6.07) is 16.1. The van der Waals surface area contributed by atoms with Crippen LogP contribution in [-0.2, 0) is 11.2 Å². The van der Waals surface area contributed by atoms with Crippen LogP contribution in [0, 0.1) is 0 Å². The van der Waals surface area contributed by atoms with Crippen LogP contribution in [0.5, 0.6) is 0 Å². The molecule has 0 aromatic heterocycles. The normalized spacial score (nSPS) is 20.3. The Balaban J connectivity index is 1.26. The van der Waals surface area contributed by atoms with E-state index in [9.17, 15) is 4.79 Å². The molecule has 6 nitrogen and oxygen atoms in total. The highest BCUT2D eigenvalue weighted by Gasteiger charge is 2.31. The van der Waals surface area contributed by atoms with E-state index in [4.69, 9.17) is 5.73 Å².